The van der Waals surface area contributed by atoms with E-state index in [9.17, 15) is 0 Å². The number of ether oxygens (including phenoxy) is 1. The minimum absolute atomic E-state index is 0.171. The molecule has 0 saturated carbocycles. The average molecular weight is 417 g/mol. The Hall–Kier alpha value is -0.820. The highest BCUT2D eigenvalue weighted by Gasteiger charge is 2.20. The average Bonchev–Trinajstić information content (AvgIpc) is 2.45. The Labute approximate surface area is 143 Å². The molecule has 21 heavy (non-hydrogen) atoms. The molecule has 0 bridgehead atoms. The third-order valence-corrected chi connectivity index (χ3v) is 5.02. The summed E-state index contributed by atoms with van der Waals surface area (Å²) >= 11 is 8.44. The van der Waals surface area contributed by atoms with Gasteiger partial charge in [-0.3, -0.25) is 5.84 Å². The molecule has 112 valence electrons. The van der Waals surface area contributed by atoms with E-state index in [4.69, 9.17) is 22.2 Å². The van der Waals surface area contributed by atoms with Crippen LogP contribution in [0.5, 0.6) is 5.75 Å². The predicted octanol–water partition coefficient (Wildman–Crippen LogP) is 4.12. The van der Waals surface area contributed by atoms with E-state index in [1.807, 2.05) is 31.2 Å². The van der Waals surface area contributed by atoms with Crippen molar-refractivity contribution in [1.82, 2.24) is 5.43 Å². The number of nitrogens with two attached hydrogens (primary N) is 1. The molecule has 0 aromatic heterocycles. The summed E-state index contributed by atoms with van der Waals surface area (Å²) in [4.78, 5) is 0. The SMILES string of the molecule is COc1cc(C)cc(C)c1C(NN)c1ccc(I)c(Cl)c1. The summed E-state index contributed by atoms with van der Waals surface area (Å²) < 4.78 is 6.55. The minimum Gasteiger partial charge on any atom is -0.496 e. The molecule has 0 aliphatic heterocycles. The van der Waals surface area contributed by atoms with Gasteiger partial charge in [-0.25, -0.2) is 5.43 Å². The Kier molecular flexibility index (Phi) is 5.48. The molecule has 0 radical (unpaired) electrons. The molecular formula is C16H18ClIN2O. The van der Waals surface area contributed by atoms with E-state index >= 15 is 0 Å². The molecule has 0 aliphatic carbocycles. The lowest BCUT2D eigenvalue weighted by atomic mass is 9.93. The first-order valence-corrected chi connectivity index (χ1v) is 7.99. The lowest BCUT2D eigenvalue weighted by Crippen LogP contribution is -2.29. The zero-order valence-electron chi connectivity index (χ0n) is 12.2. The summed E-state index contributed by atoms with van der Waals surface area (Å²) in [5, 5.41) is 0.720. The highest BCUT2D eigenvalue weighted by atomic mass is 127. The van der Waals surface area contributed by atoms with Gasteiger partial charge in [0.2, 0.25) is 0 Å². The first-order chi connectivity index (χ1) is 9.97. The summed E-state index contributed by atoms with van der Waals surface area (Å²) in [6.07, 6.45) is 0. The third-order valence-electron chi connectivity index (χ3n) is 3.45. The van der Waals surface area contributed by atoms with Crippen molar-refractivity contribution in [1.29, 1.82) is 0 Å². The van der Waals surface area contributed by atoms with Gasteiger partial charge in [-0.1, -0.05) is 23.7 Å². The van der Waals surface area contributed by atoms with Gasteiger partial charge in [0.25, 0.3) is 0 Å². The van der Waals surface area contributed by atoms with Gasteiger partial charge in [0.05, 0.1) is 18.2 Å². The smallest absolute Gasteiger partial charge is 0.124 e. The number of methoxy groups -OCH3 is 1. The second-order valence-corrected chi connectivity index (χ2v) is 6.54. The lowest BCUT2D eigenvalue weighted by molar-refractivity contribution is 0.403. The summed E-state index contributed by atoms with van der Waals surface area (Å²) in [6, 6.07) is 9.91. The Morgan fingerprint density at radius 1 is 1.24 bits per heavy atom. The number of halogens is 2. The van der Waals surface area contributed by atoms with Crippen molar-refractivity contribution in [3.05, 3.63) is 61.2 Å². The van der Waals surface area contributed by atoms with Crippen LogP contribution in [0.2, 0.25) is 5.02 Å². The van der Waals surface area contributed by atoms with E-state index in [0.717, 1.165) is 36.6 Å². The van der Waals surface area contributed by atoms with Gasteiger partial charge in [-0.15, -0.1) is 0 Å². The van der Waals surface area contributed by atoms with E-state index < -0.39 is 0 Å². The van der Waals surface area contributed by atoms with Gasteiger partial charge in [-0.05, 0) is 71.3 Å². The van der Waals surface area contributed by atoms with Gasteiger partial charge in [0.15, 0.2) is 0 Å². The van der Waals surface area contributed by atoms with Crippen LogP contribution >= 0.6 is 34.2 Å². The molecule has 0 fully saturated rings. The standard InChI is InChI=1S/C16H18ClIN2O/c1-9-6-10(2)15(14(7-9)21-3)16(20-19)11-4-5-13(18)12(17)8-11/h4-8,16,20H,19H2,1-3H3. The molecule has 0 aliphatic rings. The van der Waals surface area contributed by atoms with Gasteiger partial charge >= 0.3 is 0 Å². The molecule has 2 rings (SSSR count). The molecule has 0 heterocycles. The molecule has 2 aromatic carbocycles. The number of hydrogen-bond acceptors (Lipinski definition) is 3. The van der Waals surface area contributed by atoms with Crippen molar-refractivity contribution in [2.24, 2.45) is 5.84 Å². The lowest BCUT2D eigenvalue weighted by Gasteiger charge is -2.22. The van der Waals surface area contributed by atoms with Crippen molar-refractivity contribution < 1.29 is 4.74 Å². The summed E-state index contributed by atoms with van der Waals surface area (Å²) in [5.74, 6) is 6.63. The maximum absolute atomic E-state index is 6.23. The van der Waals surface area contributed by atoms with Crippen LogP contribution in [0.15, 0.2) is 30.3 Å². The van der Waals surface area contributed by atoms with Crippen molar-refractivity contribution in [3.63, 3.8) is 0 Å². The molecule has 0 saturated heterocycles. The molecule has 2 aromatic rings. The summed E-state index contributed by atoms with van der Waals surface area (Å²) in [7, 11) is 1.67. The molecule has 3 N–H and O–H groups in total. The zero-order chi connectivity index (χ0) is 15.6. The van der Waals surface area contributed by atoms with Gasteiger partial charge in [0.1, 0.15) is 5.75 Å². The maximum Gasteiger partial charge on any atom is 0.124 e. The highest BCUT2D eigenvalue weighted by Crippen LogP contribution is 2.35. The van der Waals surface area contributed by atoms with Crippen molar-refractivity contribution in [2.75, 3.05) is 7.11 Å². The summed E-state index contributed by atoms with van der Waals surface area (Å²) in [6.45, 7) is 4.11. The second kappa shape index (κ2) is 6.96. The highest BCUT2D eigenvalue weighted by molar-refractivity contribution is 14.1. The van der Waals surface area contributed by atoms with Crippen molar-refractivity contribution >= 4 is 34.2 Å². The molecule has 3 nitrogen and oxygen atoms in total. The van der Waals surface area contributed by atoms with Crippen molar-refractivity contribution in [3.8, 4) is 5.75 Å². The Bertz CT molecular complexity index is 661. The normalized spacial score (nSPS) is 12.3. The van der Waals surface area contributed by atoms with Crippen LogP contribution in [0.4, 0.5) is 0 Å². The number of hydrazine groups is 1. The number of nitrogens with one attached hydrogen (secondary N) is 1. The monoisotopic (exact) mass is 416 g/mol. The van der Waals surface area contributed by atoms with Gasteiger partial charge in [-0.2, -0.15) is 0 Å². The van der Waals surface area contributed by atoms with E-state index in [1.165, 1.54) is 0 Å². The number of aryl methyl sites for hydroxylation is 2. The fourth-order valence-electron chi connectivity index (χ4n) is 2.52. The maximum atomic E-state index is 6.23. The third kappa shape index (κ3) is 3.51. The molecule has 0 spiro atoms. The van der Waals surface area contributed by atoms with E-state index in [-0.39, 0.29) is 6.04 Å². The fraction of sp³-hybridized carbons (Fsp3) is 0.250. The quantitative estimate of drug-likeness (QED) is 0.448. The molecule has 1 unspecified atom stereocenters. The first kappa shape index (κ1) is 16.5. The fourth-order valence-corrected chi connectivity index (χ4v) is 3.04. The minimum atomic E-state index is -0.171. The van der Waals surface area contributed by atoms with Crippen molar-refractivity contribution in [2.45, 2.75) is 19.9 Å². The molecule has 1 atom stereocenters. The van der Waals surface area contributed by atoms with E-state index in [1.54, 1.807) is 7.11 Å². The van der Waals surface area contributed by atoms with Crippen LogP contribution < -0.4 is 16.0 Å². The van der Waals surface area contributed by atoms with Crippen LogP contribution in [0, 0.1) is 17.4 Å². The van der Waals surface area contributed by atoms with Gasteiger partial charge < -0.3 is 4.74 Å². The second-order valence-electron chi connectivity index (χ2n) is 4.97. The number of hydrogen-bond donors (Lipinski definition) is 2. The van der Waals surface area contributed by atoms with E-state index in [2.05, 4.69) is 41.0 Å². The Balaban J connectivity index is 2.58. The summed E-state index contributed by atoms with van der Waals surface area (Å²) in [5.41, 5.74) is 7.20. The first-order valence-electron chi connectivity index (χ1n) is 6.54. The molecule has 5 heteroatoms. The largest absolute Gasteiger partial charge is 0.496 e. The topological polar surface area (TPSA) is 47.3 Å². The Morgan fingerprint density at radius 3 is 2.52 bits per heavy atom. The van der Waals surface area contributed by atoms with Crippen LogP contribution in [-0.2, 0) is 0 Å². The Morgan fingerprint density at radius 2 is 1.95 bits per heavy atom. The molecular weight excluding hydrogens is 399 g/mol. The van der Waals surface area contributed by atoms with E-state index in [0.29, 0.717) is 0 Å². The van der Waals surface area contributed by atoms with Crippen LogP contribution in [0.1, 0.15) is 28.3 Å². The van der Waals surface area contributed by atoms with Gasteiger partial charge in [0, 0.05) is 9.13 Å². The predicted molar refractivity (Wildman–Crippen MR) is 95.8 cm³/mol. The molecule has 0 amide bonds. The van der Waals surface area contributed by atoms with Crippen LogP contribution in [0.3, 0.4) is 0 Å². The van der Waals surface area contributed by atoms with Crippen LogP contribution in [0.25, 0.3) is 0 Å². The number of rotatable bonds is 4. The number of benzene rings is 2. The van der Waals surface area contributed by atoms with Crippen LogP contribution in [-0.4, -0.2) is 7.11 Å². The zero-order valence-corrected chi connectivity index (χ0v) is 15.1.